The molecule has 0 aromatic heterocycles. The summed E-state index contributed by atoms with van der Waals surface area (Å²) in [6.07, 6.45) is 2.26. The van der Waals surface area contributed by atoms with E-state index < -0.39 is 0 Å². The molecule has 0 spiro atoms. The van der Waals surface area contributed by atoms with Gasteiger partial charge in [-0.2, -0.15) is 0 Å². The number of aryl methyl sites for hydroxylation is 1. The van der Waals surface area contributed by atoms with Gasteiger partial charge in [0.25, 0.3) is 0 Å². The van der Waals surface area contributed by atoms with Gasteiger partial charge >= 0.3 is 0 Å². The fraction of sp³-hybridized carbons (Fsp3) is 0.533. The summed E-state index contributed by atoms with van der Waals surface area (Å²) < 4.78 is 5.78. The lowest BCUT2D eigenvalue weighted by Gasteiger charge is -2.13. The van der Waals surface area contributed by atoms with Crippen molar-refractivity contribution < 1.29 is 4.74 Å². The van der Waals surface area contributed by atoms with E-state index in [0.717, 1.165) is 25.1 Å². The Morgan fingerprint density at radius 3 is 2.95 bits per heavy atom. The van der Waals surface area contributed by atoms with Crippen LogP contribution in [0.1, 0.15) is 32.3 Å². The number of guanidine groups is 1. The molecule has 0 bridgehead atoms. The molecule has 19 heavy (non-hydrogen) atoms. The van der Waals surface area contributed by atoms with Crippen molar-refractivity contribution in [1.82, 2.24) is 5.32 Å². The third-order valence-corrected chi connectivity index (χ3v) is 2.68. The average molecular weight is 263 g/mol. The normalized spacial score (nSPS) is 13.1. The first-order valence-corrected chi connectivity index (χ1v) is 6.89. The molecule has 106 valence electrons. The molecular formula is C15H25N3O. The molecule has 0 saturated heterocycles. The van der Waals surface area contributed by atoms with Crippen LogP contribution in [0, 0.1) is 6.92 Å². The van der Waals surface area contributed by atoms with Gasteiger partial charge in [0.15, 0.2) is 5.96 Å². The zero-order valence-electron chi connectivity index (χ0n) is 12.1. The van der Waals surface area contributed by atoms with Crippen LogP contribution in [-0.2, 0) is 0 Å². The van der Waals surface area contributed by atoms with Crippen molar-refractivity contribution in [2.24, 2.45) is 10.7 Å². The van der Waals surface area contributed by atoms with Gasteiger partial charge in [-0.1, -0.05) is 25.5 Å². The highest BCUT2D eigenvalue weighted by molar-refractivity contribution is 5.77. The molecule has 0 aliphatic carbocycles. The summed E-state index contributed by atoms with van der Waals surface area (Å²) in [5.41, 5.74) is 6.95. The van der Waals surface area contributed by atoms with E-state index in [-0.39, 0.29) is 6.10 Å². The van der Waals surface area contributed by atoms with Gasteiger partial charge in [-0.05, 0) is 38.0 Å². The zero-order valence-corrected chi connectivity index (χ0v) is 12.1. The Hall–Kier alpha value is -1.71. The van der Waals surface area contributed by atoms with Gasteiger partial charge in [-0.15, -0.1) is 0 Å². The second kappa shape index (κ2) is 8.40. The highest BCUT2D eigenvalue weighted by Gasteiger charge is 2.03. The zero-order chi connectivity index (χ0) is 14.1. The molecule has 3 N–H and O–H groups in total. The van der Waals surface area contributed by atoms with E-state index in [9.17, 15) is 0 Å². The first-order valence-electron chi connectivity index (χ1n) is 6.89. The van der Waals surface area contributed by atoms with Crippen LogP contribution in [0.15, 0.2) is 29.3 Å². The van der Waals surface area contributed by atoms with Crippen LogP contribution >= 0.6 is 0 Å². The minimum absolute atomic E-state index is 0.00771. The topological polar surface area (TPSA) is 59.6 Å². The number of nitrogens with zero attached hydrogens (tertiary/aromatic N) is 1. The fourth-order valence-electron chi connectivity index (χ4n) is 1.63. The van der Waals surface area contributed by atoms with E-state index in [4.69, 9.17) is 10.5 Å². The number of aliphatic imine (C=N–C) groups is 1. The van der Waals surface area contributed by atoms with Crippen molar-refractivity contribution in [1.29, 1.82) is 0 Å². The molecule has 0 amide bonds. The summed E-state index contributed by atoms with van der Waals surface area (Å²) in [6, 6.07) is 8.01. The third-order valence-electron chi connectivity index (χ3n) is 2.68. The monoisotopic (exact) mass is 263 g/mol. The van der Waals surface area contributed by atoms with Gasteiger partial charge < -0.3 is 15.8 Å². The molecular weight excluding hydrogens is 238 g/mol. The first-order chi connectivity index (χ1) is 9.11. The average Bonchev–Trinajstić information content (AvgIpc) is 2.37. The molecule has 1 aromatic carbocycles. The summed E-state index contributed by atoms with van der Waals surface area (Å²) in [5.74, 6) is 1.37. The summed E-state index contributed by atoms with van der Waals surface area (Å²) in [4.78, 5) is 4.27. The van der Waals surface area contributed by atoms with Crippen LogP contribution < -0.4 is 15.8 Å². The van der Waals surface area contributed by atoms with Crippen LogP contribution in [0.2, 0.25) is 0 Å². The van der Waals surface area contributed by atoms with Crippen LogP contribution in [0.3, 0.4) is 0 Å². The second-order valence-corrected chi connectivity index (χ2v) is 4.75. The van der Waals surface area contributed by atoms with Gasteiger partial charge in [-0.3, -0.25) is 0 Å². The molecule has 1 unspecified atom stereocenters. The minimum Gasteiger partial charge on any atom is -0.489 e. The second-order valence-electron chi connectivity index (χ2n) is 4.75. The van der Waals surface area contributed by atoms with Gasteiger partial charge in [0, 0.05) is 6.54 Å². The van der Waals surface area contributed by atoms with Gasteiger partial charge in [0.1, 0.15) is 11.9 Å². The summed E-state index contributed by atoms with van der Waals surface area (Å²) in [5, 5.41) is 3.08. The Bertz CT molecular complexity index is 404. The molecule has 0 saturated carbocycles. The van der Waals surface area contributed by atoms with Crippen molar-refractivity contribution in [2.75, 3.05) is 13.1 Å². The Morgan fingerprint density at radius 1 is 1.47 bits per heavy atom. The molecule has 4 heteroatoms. The Labute approximate surface area is 116 Å². The van der Waals surface area contributed by atoms with E-state index >= 15 is 0 Å². The lowest BCUT2D eigenvalue weighted by molar-refractivity contribution is 0.230. The molecule has 4 nitrogen and oxygen atoms in total. The highest BCUT2D eigenvalue weighted by Crippen LogP contribution is 2.14. The highest BCUT2D eigenvalue weighted by atomic mass is 16.5. The van der Waals surface area contributed by atoms with Crippen LogP contribution in [0.4, 0.5) is 0 Å². The van der Waals surface area contributed by atoms with E-state index in [1.54, 1.807) is 0 Å². The van der Waals surface area contributed by atoms with Crippen molar-refractivity contribution >= 4 is 5.96 Å². The number of ether oxygens (including phenoxy) is 1. The maximum absolute atomic E-state index is 5.78. The van der Waals surface area contributed by atoms with Crippen molar-refractivity contribution in [3.05, 3.63) is 29.8 Å². The maximum Gasteiger partial charge on any atom is 0.188 e. The predicted molar refractivity (Wildman–Crippen MR) is 80.7 cm³/mol. The van der Waals surface area contributed by atoms with Gasteiger partial charge in [0.05, 0.1) is 6.54 Å². The lowest BCUT2D eigenvalue weighted by atomic mass is 10.2. The number of hydrogen-bond donors (Lipinski definition) is 2. The van der Waals surface area contributed by atoms with Gasteiger partial charge in [-0.25, -0.2) is 4.99 Å². The van der Waals surface area contributed by atoms with E-state index in [2.05, 4.69) is 17.2 Å². The lowest BCUT2D eigenvalue weighted by Crippen LogP contribution is -2.33. The largest absolute Gasteiger partial charge is 0.489 e. The Morgan fingerprint density at radius 2 is 2.26 bits per heavy atom. The SMILES string of the molecule is CCCCNC(N)=NCC(C)Oc1cccc(C)c1. The van der Waals surface area contributed by atoms with Crippen LogP contribution in [0.25, 0.3) is 0 Å². The number of hydrogen-bond acceptors (Lipinski definition) is 2. The Kier molecular flexibility index (Phi) is 6.79. The minimum atomic E-state index is 0.00771. The molecule has 1 aromatic rings. The molecule has 0 fully saturated rings. The number of nitrogens with two attached hydrogens (primary N) is 1. The molecule has 1 atom stereocenters. The number of nitrogens with one attached hydrogen (secondary N) is 1. The number of rotatable bonds is 7. The van der Waals surface area contributed by atoms with Crippen molar-refractivity contribution in [2.45, 2.75) is 39.7 Å². The first kappa shape index (κ1) is 15.3. The maximum atomic E-state index is 5.78. The van der Waals surface area contributed by atoms with E-state index in [0.29, 0.717) is 12.5 Å². The Balaban J connectivity index is 2.34. The fourth-order valence-corrected chi connectivity index (χ4v) is 1.63. The quantitative estimate of drug-likeness (QED) is 0.451. The van der Waals surface area contributed by atoms with E-state index in [1.807, 2.05) is 38.1 Å². The molecule has 0 aliphatic heterocycles. The van der Waals surface area contributed by atoms with Crippen LogP contribution in [0.5, 0.6) is 5.75 Å². The standard InChI is InChI=1S/C15H25N3O/c1-4-5-9-17-15(16)18-11-13(3)19-14-8-6-7-12(2)10-14/h6-8,10,13H,4-5,9,11H2,1-3H3,(H3,16,17,18). The van der Waals surface area contributed by atoms with Gasteiger partial charge in [0.2, 0.25) is 0 Å². The third kappa shape index (κ3) is 6.70. The molecule has 0 heterocycles. The summed E-state index contributed by atoms with van der Waals surface area (Å²) in [6.45, 7) is 7.61. The molecule has 1 rings (SSSR count). The van der Waals surface area contributed by atoms with Crippen molar-refractivity contribution in [3.63, 3.8) is 0 Å². The predicted octanol–water partition coefficient (Wildman–Crippen LogP) is 2.47. The molecule has 0 radical (unpaired) electrons. The summed E-state index contributed by atoms with van der Waals surface area (Å²) >= 11 is 0. The van der Waals surface area contributed by atoms with Crippen molar-refractivity contribution in [3.8, 4) is 5.75 Å². The van der Waals surface area contributed by atoms with Crippen LogP contribution in [-0.4, -0.2) is 25.2 Å². The molecule has 0 aliphatic rings. The smallest absolute Gasteiger partial charge is 0.188 e. The van der Waals surface area contributed by atoms with E-state index in [1.165, 1.54) is 5.56 Å². The number of benzene rings is 1. The summed E-state index contributed by atoms with van der Waals surface area (Å²) in [7, 11) is 0. The number of unbranched alkanes of at least 4 members (excludes halogenated alkanes) is 1.